The predicted molar refractivity (Wildman–Crippen MR) is 180 cm³/mol. The maximum atomic E-state index is 12.3. The summed E-state index contributed by atoms with van der Waals surface area (Å²) in [6.07, 6.45) is 13.8. The standard InChI is InChI=1S/C38H62O9S/c1-21-6-10-28-24(4)35(46-36-34(28)27(21)11-8-23(3)44-36)45-26-16-18-37(5)25(20-26)9-12-29-31(37)17-19-38(47-48(41,42)43)30(13-14-32(29)38)22(2)7-15-33(39)40/h21-32,34-36H,6-20H2,1-5H3,(H,39,40)(H,41,42,43)/t21-,22-,23+,24-,25?,26-,27?,28?,29?,30?,31?,32?,34?,35?,36?,37+,38+/m1/s1. The van der Waals surface area contributed by atoms with Crippen LogP contribution in [0.15, 0.2) is 0 Å². The molecule has 0 aromatic rings. The molecule has 0 radical (unpaired) electrons. The SMILES string of the molecule is C[C@H]1C(O[C@@H]2CC[C@@]3(C)C(CCC4C3CC[C@@]3(OS(=O)(=O)O)C4CCC3[C@H](C)CCC(=O)O)C2)OC2O[C@@H](C)CCC3C2C1CC[C@H]3C. The summed E-state index contributed by atoms with van der Waals surface area (Å²) in [5.74, 6) is 3.28. The highest BCUT2D eigenvalue weighted by atomic mass is 32.3. The zero-order valence-corrected chi connectivity index (χ0v) is 30.7. The van der Waals surface area contributed by atoms with Crippen molar-refractivity contribution in [2.24, 2.45) is 70.5 Å². The molecule has 10 unspecified atom stereocenters. The number of rotatable bonds is 8. The van der Waals surface area contributed by atoms with E-state index in [-0.39, 0.29) is 54.4 Å². The minimum Gasteiger partial charge on any atom is -0.481 e. The lowest BCUT2D eigenvalue weighted by Gasteiger charge is -2.61. The summed E-state index contributed by atoms with van der Waals surface area (Å²) in [7, 11) is -4.66. The number of hydrogen-bond donors (Lipinski definition) is 2. The molecule has 2 heterocycles. The first-order valence-corrected chi connectivity index (χ1v) is 20.9. The molecule has 7 fully saturated rings. The number of carbonyl (C=O) groups is 1. The number of hydrogen-bond acceptors (Lipinski definition) is 7. The molecule has 5 saturated carbocycles. The highest BCUT2D eigenvalue weighted by Crippen LogP contribution is 2.67. The molecular formula is C38H62O9S. The number of carboxylic acid groups (broad SMARTS) is 1. The lowest BCUT2D eigenvalue weighted by atomic mass is 9.46. The largest absolute Gasteiger partial charge is 0.481 e. The van der Waals surface area contributed by atoms with Crippen LogP contribution in [-0.4, -0.2) is 54.4 Å². The van der Waals surface area contributed by atoms with Gasteiger partial charge in [0.1, 0.15) is 0 Å². The molecular weight excluding hydrogens is 632 g/mol. The van der Waals surface area contributed by atoms with Crippen LogP contribution in [0.1, 0.15) is 131 Å². The average Bonchev–Trinajstić information content (AvgIpc) is 3.30. The smallest absolute Gasteiger partial charge is 0.397 e. The monoisotopic (exact) mass is 694 g/mol. The average molecular weight is 695 g/mol. The van der Waals surface area contributed by atoms with Crippen molar-refractivity contribution in [3.8, 4) is 0 Å². The molecule has 0 aromatic carbocycles. The third-order valence-electron chi connectivity index (χ3n) is 15.8. The van der Waals surface area contributed by atoms with E-state index in [4.69, 9.17) is 18.4 Å². The fourth-order valence-electron chi connectivity index (χ4n) is 13.5. The highest BCUT2D eigenvalue weighted by Gasteiger charge is 2.64. The molecule has 0 amide bonds. The Hall–Kier alpha value is -0.780. The van der Waals surface area contributed by atoms with E-state index in [1.807, 2.05) is 6.92 Å². The molecule has 0 bridgehead atoms. The van der Waals surface area contributed by atoms with Gasteiger partial charge in [-0.05, 0) is 149 Å². The summed E-state index contributed by atoms with van der Waals surface area (Å²) in [6, 6.07) is 0. The molecule has 48 heavy (non-hydrogen) atoms. The molecule has 5 aliphatic carbocycles. The van der Waals surface area contributed by atoms with Crippen LogP contribution in [0, 0.1) is 70.5 Å². The van der Waals surface area contributed by atoms with Crippen LogP contribution in [0.2, 0.25) is 0 Å². The molecule has 9 nitrogen and oxygen atoms in total. The van der Waals surface area contributed by atoms with E-state index in [2.05, 4.69) is 27.7 Å². The van der Waals surface area contributed by atoms with Crippen LogP contribution in [0.3, 0.4) is 0 Å². The summed E-state index contributed by atoms with van der Waals surface area (Å²) >= 11 is 0. The summed E-state index contributed by atoms with van der Waals surface area (Å²) in [6.45, 7) is 11.5. The predicted octanol–water partition coefficient (Wildman–Crippen LogP) is 7.88. The van der Waals surface area contributed by atoms with Gasteiger partial charge in [-0.3, -0.25) is 9.35 Å². The lowest BCUT2D eigenvalue weighted by molar-refractivity contribution is -0.345. The second-order valence-electron chi connectivity index (χ2n) is 18.0. The Labute approximate surface area is 288 Å². The Morgan fingerprint density at radius 2 is 1.65 bits per heavy atom. The van der Waals surface area contributed by atoms with E-state index in [1.54, 1.807) is 0 Å². The third-order valence-corrected chi connectivity index (χ3v) is 16.3. The molecule has 0 aromatic heterocycles. The van der Waals surface area contributed by atoms with Gasteiger partial charge in [0.2, 0.25) is 0 Å². The van der Waals surface area contributed by atoms with Crippen molar-refractivity contribution in [1.29, 1.82) is 0 Å². The van der Waals surface area contributed by atoms with E-state index in [1.165, 1.54) is 19.3 Å². The molecule has 2 aliphatic heterocycles. The fourth-order valence-corrected chi connectivity index (χ4v) is 14.2. The maximum Gasteiger partial charge on any atom is 0.397 e. The number of aliphatic carboxylic acids is 1. The maximum absolute atomic E-state index is 12.3. The quantitative estimate of drug-likeness (QED) is 0.193. The Morgan fingerprint density at radius 3 is 2.40 bits per heavy atom. The van der Waals surface area contributed by atoms with Crippen LogP contribution >= 0.6 is 0 Å². The molecule has 7 aliphatic rings. The number of carboxylic acids is 1. The van der Waals surface area contributed by atoms with Crippen molar-refractivity contribution in [2.75, 3.05) is 0 Å². The van der Waals surface area contributed by atoms with Crippen LogP contribution in [0.5, 0.6) is 0 Å². The fraction of sp³-hybridized carbons (Fsp3) is 0.974. The first-order chi connectivity index (χ1) is 22.7. The van der Waals surface area contributed by atoms with Gasteiger partial charge in [0.15, 0.2) is 12.6 Å². The normalized spacial score (nSPS) is 51.0. The summed E-state index contributed by atoms with van der Waals surface area (Å²) in [4.78, 5) is 11.4. The van der Waals surface area contributed by atoms with Crippen molar-refractivity contribution in [1.82, 2.24) is 0 Å². The van der Waals surface area contributed by atoms with Gasteiger partial charge in [0.05, 0.1) is 17.8 Å². The van der Waals surface area contributed by atoms with Crippen molar-refractivity contribution in [3.63, 3.8) is 0 Å². The van der Waals surface area contributed by atoms with Gasteiger partial charge in [-0.2, -0.15) is 8.42 Å². The lowest BCUT2D eigenvalue weighted by Crippen LogP contribution is -2.59. The van der Waals surface area contributed by atoms with Crippen molar-refractivity contribution in [3.05, 3.63) is 0 Å². The highest BCUT2D eigenvalue weighted by molar-refractivity contribution is 7.80. The molecule has 2 saturated heterocycles. The van der Waals surface area contributed by atoms with Gasteiger partial charge < -0.3 is 19.3 Å². The second kappa shape index (κ2) is 13.3. The van der Waals surface area contributed by atoms with Gasteiger partial charge in [-0.1, -0.05) is 34.1 Å². The van der Waals surface area contributed by atoms with Crippen molar-refractivity contribution >= 4 is 16.4 Å². The van der Waals surface area contributed by atoms with Crippen LogP contribution in [0.25, 0.3) is 0 Å². The van der Waals surface area contributed by atoms with Crippen LogP contribution in [0.4, 0.5) is 0 Å². The molecule has 17 atom stereocenters. The number of fused-ring (bicyclic) bond motifs is 5. The zero-order valence-electron chi connectivity index (χ0n) is 29.9. The van der Waals surface area contributed by atoms with E-state index in [0.29, 0.717) is 54.3 Å². The van der Waals surface area contributed by atoms with Crippen molar-refractivity contribution < 1.29 is 41.3 Å². The Bertz CT molecular complexity index is 1290. The Morgan fingerprint density at radius 1 is 0.896 bits per heavy atom. The molecule has 10 heteroatoms. The van der Waals surface area contributed by atoms with E-state index in [9.17, 15) is 22.9 Å². The van der Waals surface area contributed by atoms with Crippen LogP contribution < -0.4 is 0 Å². The van der Waals surface area contributed by atoms with Crippen molar-refractivity contribution in [2.45, 2.75) is 161 Å². The molecule has 7 rings (SSSR count). The van der Waals surface area contributed by atoms with E-state index >= 15 is 0 Å². The Balaban J connectivity index is 1.04. The third kappa shape index (κ3) is 6.33. The zero-order chi connectivity index (χ0) is 34.2. The first kappa shape index (κ1) is 35.6. The van der Waals surface area contributed by atoms with Gasteiger partial charge in [0, 0.05) is 18.3 Å². The minimum atomic E-state index is -4.66. The Kier molecular flexibility index (Phi) is 9.89. The summed E-state index contributed by atoms with van der Waals surface area (Å²) in [5, 5.41) is 9.33. The van der Waals surface area contributed by atoms with Gasteiger partial charge in [-0.25, -0.2) is 4.18 Å². The van der Waals surface area contributed by atoms with E-state index < -0.39 is 22.0 Å². The van der Waals surface area contributed by atoms with Gasteiger partial charge in [-0.15, -0.1) is 0 Å². The van der Waals surface area contributed by atoms with Crippen LogP contribution in [-0.2, 0) is 33.6 Å². The molecule has 0 spiro atoms. The summed E-state index contributed by atoms with van der Waals surface area (Å²) < 4.78 is 60.8. The second-order valence-corrected chi connectivity index (χ2v) is 19.0. The first-order valence-electron chi connectivity index (χ1n) is 19.6. The minimum absolute atomic E-state index is 0.00177. The van der Waals surface area contributed by atoms with E-state index in [0.717, 1.165) is 63.7 Å². The topological polar surface area (TPSA) is 129 Å². The molecule has 274 valence electrons. The summed E-state index contributed by atoms with van der Waals surface area (Å²) in [5.41, 5.74) is -0.799. The van der Waals surface area contributed by atoms with Gasteiger partial charge >= 0.3 is 16.4 Å². The van der Waals surface area contributed by atoms with Gasteiger partial charge in [0.25, 0.3) is 0 Å². The number of ether oxygens (including phenoxy) is 3. The molecule has 2 N–H and O–H groups in total.